The van der Waals surface area contributed by atoms with Crippen LogP contribution < -0.4 is 5.32 Å². The summed E-state index contributed by atoms with van der Waals surface area (Å²) >= 11 is 12.4. The molecule has 0 saturated carbocycles. The SMILES string of the molecule is Cc1cccc(NC(=O)CCN2C(=O)/C(=C/c3ccc(Cl)cc3)SC2=S)c1. The highest BCUT2D eigenvalue weighted by atomic mass is 35.5. The molecule has 0 aromatic heterocycles. The Bertz CT molecular complexity index is 926. The van der Waals surface area contributed by atoms with E-state index >= 15 is 0 Å². The van der Waals surface area contributed by atoms with Crippen molar-refractivity contribution >= 4 is 63.5 Å². The van der Waals surface area contributed by atoms with Gasteiger partial charge in [0.05, 0.1) is 4.91 Å². The fourth-order valence-corrected chi connectivity index (χ4v) is 4.00. The maximum atomic E-state index is 12.6. The van der Waals surface area contributed by atoms with Gasteiger partial charge < -0.3 is 5.32 Å². The van der Waals surface area contributed by atoms with Crippen molar-refractivity contribution in [2.24, 2.45) is 0 Å². The lowest BCUT2D eigenvalue weighted by molar-refractivity contribution is -0.122. The van der Waals surface area contributed by atoms with Gasteiger partial charge in [0.25, 0.3) is 5.91 Å². The maximum absolute atomic E-state index is 12.6. The monoisotopic (exact) mass is 416 g/mol. The number of rotatable bonds is 5. The minimum Gasteiger partial charge on any atom is -0.326 e. The first-order chi connectivity index (χ1) is 12.9. The van der Waals surface area contributed by atoms with E-state index in [4.69, 9.17) is 23.8 Å². The van der Waals surface area contributed by atoms with Crippen molar-refractivity contribution in [1.82, 2.24) is 4.90 Å². The molecule has 3 rings (SSSR count). The van der Waals surface area contributed by atoms with Crippen molar-refractivity contribution in [3.63, 3.8) is 0 Å². The zero-order chi connectivity index (χ0) is 19.4. The summed E-state index contributed by atoms with van der Waals surface area (Å²) in [4.78, 5) is 26.8. The van der Waals surface area contributed by atoms with Gasteiger partial charge >= 0.3 is 0 Å². The molecule has 0 spiro atoms. The van der Waals surface area contributed by atoms with Gasteiger partial charge in [0.15, 0.2) is 0 Å². The number of carbonyl (C=O) groups excluding carboxylic acids is 2. The van der Waals surface area contributed by atoms with Crippen molar-refractivity contribution in [1.29, 1.82) is 0 Å². The molecular formula is C20H17ClN2O2S2. The number of aryl methyl sites for hydroxylation is 1. The fraction of sp³-hybridized carbons (Fsp3) is 0.150. The Morgan fingerprint density at radius 1 is 1.26 bits per heavy atom. The molecule has 1 heterocycles. The average molecular weight is 417 g/mol. The first-order valence-corrected chi connectivity index (χ1v) is 9.90. The van der Waals surface area contributed by atoms with Gasteiger partial charge in [-0.1, -0.05) is 59.8 Å². The quantitative estimate of drug-likeness (QED) is 0.557. The van der Waals surface area contributed by atoms with E-state index in [0.717, 1.165) is 16.8 Å². The van der Waals surface area contributed by atoms with Crippen LogP contribution >= 0.6 is 35.6 Å². The van der Waals surface area contributed by atoms with Crippen molar-refractivity contribution in [2.75, 3.05) is 11.9 Å². The molecule has 0 aliphatic carbocycles. The summed E-state index contributed by atoms with van der Waals surface area (Å²) in [5, 5.41) is 3.48. The van der Waals surface area contributed by atoms with Gasteiger partial charge in [-0.2, -0.15) is 0 Å². The average Bonchev–Trinajstić information content (AvgIpc) is 2.88. The van der Waals surface area contributed by atoms with Crippen LogP contribution in [0.4, 0.5) is 5.69 Å². The van der Waals surface area contributed by atoms with Crippen LogP contribution in [0, 0.1) is 6.92 Å². The zero-order valence-corrected chi connectivity index (χ0v) is 17.0. The molecule has 1 aliphatic rings. The predicted molar refractivity (Wildman–Crippen MR) is 116 cm³/mol. The van der Waals surface area contributed by atoms with Crippen LogP contribution in [0.3, 0.4) is 0 Å². The summed E-state index contributed by atoms with van der Waals surface area (Å²) in [7, 11) is 0. The van der Waals surface area contributed by atoms with Gasteiger partial charge in [-0.15, -0.1) is 0 Å². The van der Waals surface area contributed by atoms with E-state index in [0.29, 0.717) is 14.2 Å². The number of hydrogen-bond acceptors (Lipinski definition) is 4. The molecule has 1 saturated heterocycles. The summed E-state index contributed by atoms with van der Waals surface area (Å²) in [5.41, 5.74) is 2.68. The topological polar surface area (TPSA) is 49.4 Å². The number of thioether (sulfide) groups is 1. The second-order valence-electron chi connectivity index (χ2n) is 6.05. The highest BCUT2D eigenvalue weighted by molar-refractivity contribution is 8.26. The largest absolute Gasteiger partial charge is 0.326 e. The molecule has 0 radical (unpaired) electrons. The van der Waals surface area contributed by atoms with Crippen molar-refractivity contribution < 1.29 is 9.59 Å². The Hall–Kier alpha value is -2.15. The molecule has 2 amide bonds. The lowest BCUT2D eigenvalue weighted by atomic mass is 10.2. The fourth-order valence-electron chi connectivity index (χ4n) is 2.56. The lowest BCUT2D eigenvalue weighted by Gasteiger charge is -2.14. The van der Waals surface area contributed by atoms with Gasteiger partial charge in [0, 0.05) is 23.7 Å². The van der Waals surface area contributed by atoms with E-state index < -0.39 is 0 Å². The van der Waals surface area contributed by atoms with Crippen LogP contribution in [0.5, 0.6) is 0 Å². The van der Waals surface area contributed by atoms with E-state index in [9.17, 15) is 9.59 Å². The van der Waals surface area contributed by atoms with E-state index in [1.54, 1.807) is 18.2 Å². The highest BCUT2D eigenvalue weighted by Crippen LogP contribution is 2.32. The third-order valence-corrected chi connectivity index (χ3v) is 5.54. The first-order valence-electron chi connectivity index (χ1n) is 8.30. The second-order valence-corrected chi connectivity index (χ2v) is 8.16. The summed E-state index contributed by atoms with van der Waals surface area (Å²) < 4.78 is 0.462. The van der Waals surface area contributed by atoms with Crippen LogP contribution in [0.2, 0.25) is 5.02 Å². The van der Waals surface area contributed by atoms with Gasteiger partial charge in [-0.25, -0.2) is 0 Å². The molecule has 2 aromatic carbocycles. The molecule has 1 aliphatic heterocycles. The number of benzene rings is 2. The minimum atomic E-state index is -0.177. The smallest absolute Gasteiger partial charge is 0.266 e. The first kappa shape index (κ1) is 19.6. The van der Waals surface area contributed by atoms with Crippen LogP contribution in [0.25, 0.3) is 6.08 Å². The summed E-state index contributed by atoms with van der Waals surface area (Å²) in [6.07, 6.45) is 1.96. The van der Waals surface area contributed by atoms with Gasteiger partial charge in [0.2, 0.25) is 5.91 Å². The molecule has 138 valence electrons. The van der Waals surface area contributed by atoms with Crippen molar-refractivity contribution in [2.45, 2.75) is 13.3 Å². The molecule has 1 N–H and O–H groups in total. The summed E-state index contributed by atoms with van der Waals surface area (Å²) in [6, 6.07) is 14.8. The standard InChI is InChI=1S/C20H17ClN2O2S2/c1-13-3-2-4-16(11-13)22-18(24)9-10-23-19(25)17(27-20(23)26)12-14-5-7-15(21)8-6-14/h2-8,11-12H,9-10H2,1H3,(H,22,24)/b17-12-. The van der Waals surface area contributed by atoms with Crippen molar-refractivity contribution in [3.8, 4) is 0 Å². The van der Waals surface area contributed by atoms with Crippen molar-refractivity contribution in [3.05, 3.63) is 69.6 Å². The molecular weight excluding hydrogens is 400 g/mol. The number of nitrogens with one attached hydrogen (secondary N) is 1. The second kappa shape index (κ2) is 8.69. The number of halogens is 1. The normalized spacial score (nSPS) is 15.5. The van der Waals surface area contributed by atoms with Crippen LogP contribution in [0.15, 0.2) is 53.4 Å². The molecule has 1 fully saturated rings. The Balaban J connectivity index is 1.60. The van der Waals surface area contributed by atoms with E-state index in [1.165, 1.54) is 16.7 Å². The number of amides is 2. The molecule has 4 nitrogen and oxygen atoms in total. The zero-order valence-electron chi connectivity index (χ0n) is 14.6. The summed E-state index contributed by atoms with van der Waals surface area (Å²) in [6.45, 7) is 2.21. The van der Waals surface area contributed by atoms with Gasteiger partial charge in [-0.3, -0.25) is 14.5 Å². The van der Waals surface area contributed by atoms with E-state index in [2.05, 4.69) is 5.32 Å². The van der Waals surface area contributed by atoms with Crippen LogP contribution in [-0.2, 0) is 9.59 Å². The summed E-state index contributed by atoms with van der Waals surface area (Å²) in [5.74, 6) is -0.334. The Kier molecular flexibility index (Phi) is 6.31. The Morgan fingerprint density at radius 2 is 2.00 bits per heavy atom. The van der Waals surface area contributed by atoms with Crippen LogP contribution in [0.1, 0.15) is 17.5 Å². The molecule has 0 unspecified atom stereocenters. The molecule has 0 atom stereocenters. The molecule has 27 heavy (non-hydrogen) atoms. The molecule has 7 heteroatoms. The van der Waals surface area contributed by atoms with Crippen LogP contribution in [-0.4, -0.2) is 27.6 Å². The Morgan fingerprint density at radius 3 is 2.70 bits per heavy atom. The number of carbonyl (C=O) groups is 2. The number of nitrogens with zero attached hydrogens (tertiary/aromatic N) is 1. The Labute approximate surface area is 172 Å². The predicted octanol–water partition coefficient (Wildman–Crippen LogP) is 4.88. The van der Waals surface area contributed by atoms with Gasteiger partial charge in [-0.05, 0) is 48.4 Å². The lowest BCUT2D eigenvalue weighted by Crippen LogP contribution is -2.31. The van der Waals surface area contributed by atoms with Gasteiger partial charge in [0.1, 0.15) is 4.32 Å². The number of thiocarbonyl (C=S) groups is 1. The molecule has 2 aromatic rings. The third kappa shape index (κ3) is 5.19. The highest BCUT2D eigenvalue weighted by Gasteiger charge is 2.32. The maximum Gasteiger partial charge on any atom is 0.266 e. The third-order valence-electron chi connectivity index (χ3n) is 3.91. The van der Waals surface area contributed by atoms with E-state index in [-0.39, 0.29) is 24.8 Å². The molecule has 0 bridgehead atoms. The van der Waals surface area contributed by atoms with E-state index in [1.807, 2.05) is 43.3 Å². The number of hydrogen-bond donors (Lipinski definition) is 1. The number of anilines is 1. The minimum absolute atomic E-state index is 0.156.